The number of aromatic nitrogens is 2. The molecule has 1 saturated heterocycles. The van der Waals surface area contributed by atoms with Crippen molar-refractivity contribution >= 4 is 29.2 Å². The minimum Gasteiger partial charge on any atom is -0.338 e. The highest BCUT2D eigenvalue weighted by Gasteiger charge is 2.55. The molecule has 140 valence electrons. The number of rotatable bonds is 3. The highest BCUT2D eigenvalue weighted by atomic mass is 32.2. The number of ether oxygens (including phenoxy) is 2. The Morgan fingerprint density at radius 1 is 0.964 bits per heavy atom. The number of fused-ring (bicyclic) bond motifs is 2. The Morgan fingerprint density at radius 2 is 1.75 bits per heavy atom. The van der Waals surface area contributed by atoms with Crippen LogP contribution in [0.5, 0.6) is 0 Å². The van der Waals surface area contributed by atoms with Gasteiger partial charge in [-0.2, -0.15) is 0 Å². The molecule has 0 atom stereocenters. The number of hydrogen-bond acceptors (Lipinski definition) is 6. The molecule has 1 fully saturated rings. The van der Waals surface area contributed by atoms with Gasteiger partial charge in [0, 0.05) is 22.9 Å². The van der Waals surface area contributed by atoms with Crippen LogP contribution in [0.25, 0.3) is 0 Å². The van der Waals surface area contributed by atoms with Crippen LogP contribution in [0.2, 0.25) is 0 Å². The summed E-state index contributed by atoms with van der Waals surface area (Å²) in [6, 6.07) is 17.1. The molecule has 0 radical (unpaired) electrons. The van der Waals surface area contributed by atoms with E-state index in [2.05, 4.69) is 9.97 Å². The van der Waals surface area contributed by atoms with Gasteiger partial charge in [-0.25, -0.2) is 9.97 Å². The zero-order valence-electron chi connectivity index (χ0n) is 14.9. The molecular formula is C21H17N3O3S. The molecule has 4 heterocycles. The Hall–Kier alpha value is -2.74. The molecule has 0 saturated carbocycles. The first-order valence-electron chi connectivity index (χ1n) is 9.05. The third-order valence-corrected chi connectivity index (χ3v) is 5.63. The van der Waals surface area contributed by atoms with E-state index < -0.39 is 5.79 Å². The van der Waals surface area contributed by atoms with Crippen molar-refractivity contribution in [1.29, 1.82) is 0 Å². The first-order chi connectivity index (χ1) is 13.8. The monoisotopic (exact) mass is 391 g/mol. The second kappa shape index (κ2) is 7.01. The number of amides is 1. The summed E-state index contributed by atoms with van der Waals surface area (Å²) in [5.74, 6) is -1.12. The van der Waals surface area contributed by atoms with E-state index >= 15 is 0 Å². The molecule has 0 aliphatic carbocycles. The van der Waals surface area contributed by atoms with Crippen molar-refractivity contribution in [3.05, 3.63) is 72.6 Å². The number of carbonyl (C=O) groups excluding carboxylic acids is 1. The fourth-order valence-corrected chi connectivity index (χ4v) is 4.28. The minimum absolute atomic E-state index is 0.263. The van der Waals surface area contributed by atoms with E-state index in [1.165, 1.54) is 11.8 Å². The summed E-state index contributed by atoms with van der Waals surface area (Å²) in [4.78, 5) is 24.7. The van der Waals surface area contributed by atoms with Crippen LogP contribution < -0.4 is 4.90 Å². The Labute approximate surface area is 166 Å². The fourth-order valence-electron chi connectivity index (χ4n) is 3.46. The quantitative estimate of drug-likeness (QED) is 0.675. The predicted octanol–water partition coefficient (Wildman–Crippen LogP) is 3.90. The maximum Gasteiger partial charge on any atom is 0.298 e. The topological polar surface area (TPSA) is 64.6 Å². The summed E-state index contributed by atoms with van der Waals surface area (Å²) in [5, 5.41) is 0.882. The summed E-state index contributed by atoms with van der Waals surface area (Å²) < 4.78 is 11.9. The average Bonchev–Trinajstić information content (AvgIpc) is 2.98. The minimum atomic E-state index is -1.41. The summed E-state index contributed by atoms with van der Waals surface area (Å²) in [6.07, 6.45) is 4.19. The molecule has 0 N–H and O–H groups in total. The smallest absolute Gasteiger partial charge is 0.298 e. The van der Waals surface area contributed by atoms with E-state index in [0.29, 0.717) is 24.6 Å². The summed E-state index contributed by atoms with van der Waals surface area (Å²) in [6.45, 7) is 0.942. The van der Waals surface area contributed by atoms with Gasteiger partial charge in [0.05, 0.1) is 18.9 Å². The van der Waals surface area contributed by atoms with Gasteiger partial charge in [-0.3, -0.25) is 9.69 Å². The van der Waals surface area contributed by atoms with E-state index in [-0.39, 0.29) is 5.91 Å². The summed E-state index contributed by atoms with van der Waals surface area (Å²) in [5.41, 5.74) is 1.44. The second-order valence-corrected chi connectivity index (χ2v) is 7.54. The molecule has 28 heavy (non-hydrogen) atoms. The number of nitrogens with zero attached hydrogens (tertiary/aromatic N) is 3. The standard InChI is InChI=1S/C21H17N3O3S/c25-20-21(26-12-5-13-27-21)16-14-15(28-19-7-2-4-11-23-19)8-9-17(16)24(20)18-6-1-3-10-22-18/h1-4,6-11,14H,5,12-13H2. The molecule has 0 unspecified atom stereocenters. The Morgan fingerprint density at radius 3 is 2.46 bits per heavy atom. The van der Waals surface area contributed by atoms with Crippen molar-refractivity contribution in [3.63, 3.8) is 0 Å². The SMILES string of the molecule is O=C1N(c2ccccn2)c2ccc(Sc3ccccn3)cc2C12OCCCO2. The molecule has 1 aromatic carbocycles. The van der Waals surface area contributed by atoms with Gasteiger partial charge in [-0.05, 0) is 48.9 Å². The second-order valence-electron chi connectivity index (χ2n) is 6.44. The van der Waals surface area contributed by atoms with Gasteiger partial charge in [-0.1, -0.05) is 23.9 Å². The highest BCUT2D eigenvalue weighted by Crippen LogP contribution is 2.49. The van der Waals surface area contributed by atoms with Crippen LogP contribution in [0.4, 0.5) is 11.5 Å². The fraction of sp³-hybridized carbons (Fsp3) is 0.190. The van der Waals surface area contributed by atoms with Gasteiger partial charge < -0.3 is 9.47 Å². The number of pyridine rings is 2. The molecular weight excluding hydrogens is 374 g/mol. The van der Waals surface area contributed by atoms with Gasteiger partial charge in [0.15, 0.2) is 0 Å². The zero-order valence-corrected chi connectivity index (χ0v) is 15.8. The van der Waals surface area contributed by atoms with E-state index in [0.717, 1.165) is 22.0 Å². The summed E-state index contributed by atoms with van der Waals surface area (Å²) in [7, 11) is 0. The third-order valence-electron chi connectivity index (χ3n) is 4.69. The largest absolute Gasteiger partial charge is 0.338 e. The lowest BCUT2D eigenvalue weighted by Crippen LogP contribution is -2.46. The van der Waals surface area contributed by atoms with Crippen LogP contribution in [-0.4, -0.2) is 29.1 Å². The van der Waals surface area contributed by atoms with Gasteiger partial charge in [0.25, 0.3) is 11.7 Å². The Bertz CT molecular complexity index is 1010. The zero-order chi connectivity index (χ0) is 19.0. The van der Waals surface area contributed by atoms with E-state index in [9.17, 15) is 4.79 Å². The van der Waals surface area contributed by atoms with Gasteiger partial charge in [-0.15, -0.1) is 0 Å². The van der Waals surface area contributed by atoms with Crippen LogP contribution in [0.15, 0.2) is 76.9 Å². The third kappa shape index (κ3) is 2.79. The van der Waals surface area contributed by atoms with E-state index in [4.69, 9.17) is 9.47 Å². The summed E-state index contributed by atoms with van der Waals surface area (Å²) >= 11 is 1.53. The van der Waals surface area contributed by atoms with Crippen LogP contribution >= 0.6 is 11.8 Å². The molecule has 1 amide bonds. The van der Waals surface area contributed by atoms with Crippen molar-refractivity contribution in [3.8, 4) is 0 Å². The molecule has 0 bridgehead atoms. The van der Waals surface area contributed by atoms with E-state index in [1.807, 2.05) is 48.5 Å². The lowest BCUT2D eigenvalue weighted by molar-refractivity contribution is -0.256. The number of benzene rings is 1. The van der Waals surface area contributed by atoms with Crippen LogP contribution in [0.3, 0.4) is 0 Å². The van der Waals surface area contributed by atoms with Crippen LogP contribution in [0.1, 0.15) is 12.0 Å². The predicted molar refractivity (Wildman–Crippen MR) is 104 cm³/mol. The molecule has 3 aromatic rings. The Kier molecular flexibility index (Phi) is 4.35. The first-order valence-corrected chi connectivity index (χ1v) is 9.86. The van der Waals surface area contributed by atoms with Gasteiger partial charge in [0.2, 0.25) is 0 Å². The molecule has 2 aliphatic heterocycles. The first kappa shape index (κ1) is 17.4. The molecule has 1 spiro atoms. The number of carbonyl (C=O) groups is 1. The van der Waals surface area contributed by atoms with Crippen LogP contribution in [0, 0.1) is 0 Å². The van der Waals surface area contributed by atoms with E-state index in [1.54, 1.807) is 23.4 Å². The maximum absolute atomic E-state index is 13.4. The van der Waals surface area contributed by atoms with Crippen molar-refractivity contribution in [1.82, 2.24) is 9.97 Å². The molecule has 5 rings (SSSR count). The lowest BCUT2D eigenvalue weighted by Gasteiger charge is -2.32. The van der Waals surface area contributed by atoms with Gasteiger partial charge in [0.1, 0.15) is 10.8 Å². The molecule has 7 heteroatoms. The lowest BCUT2D eigenvalue weighted by atomic mass is 10.1. The van der Waals surface area contributed by atoms with Crippen molar-refractivity contribution in [2.75, 3.05) is 18.1 Å². The van der Waals surface area contributed by atoms with Crippen LogP contribution in [-0.2, 0) is 20.1 Å². The highest BCUT2D eigenvalue weighted by molar-refractivity contribution is 7.99. The molecule has 2 aliphatic rings. The van der Waals surface area contributed by atoms with Crippen molar-refractivity contribution in [2.45, 2.75) is 22.1 Å². The normalized spacial score (nSPS) is 17.7. The number of hydrogen-bond donors (Lipinski definition) is 0. The average molecular weight is 391 g/mol. The maximum atomic E-state index is 13.4. The number of anilines is 2. The molecule has 6 nitrogen and oxygen atoms in total. The molecule has 2 aromatic heterocycles. The van der Waals surface area contributed by atoms with Crippen molar-refractivity contribution in [2.24, 2.45) is 0 Å². The Balaban J connectivity index is 1.61. The van der Waals surface area contributed by atoms with Crippen molar-refractivity contribution < 1.29 is 14.3 Å². The van der Waals surface area contributed by atoms with Gasteiger partial charge >= 0.3 is 0 Å².